The number of nitrogens with one attached hydrogen (secondary N) is 4. The number of anilines is 4. The molecule has 2 amide bonds. The van der Waals surface area contributed by atoms with Crippen molar-refractivity contribution < 1.29 is 4.79 Å². The normalized spacial score (nSPS) is 10.2. The third-order valence-corrected chi connectivity index (χ3v) is 4.32. The average Bonchev–Trinajstić information content (AvgIpc) is 2.71. The van der Waals surface area contributed by atoms with Crippen molar-refractivity contribution in [1.82, 2.24) is 15.3 Å². The second-order valence-electron chi connectivity index (χ2n) is 5.91. The Bertz CT molecular complexity index is 892. The van der Waals surface area contributed by atoms with Crippen LogP contribution < -0.4 is 21.3 Å². The molecule has 0 fully saturated rings. The van der Waals surface area contributed by atoms with Gasteiger partial charge < -0.3 is 21.3 Å². The molecule has 0 spiro atoms. The van der Waals surface area contributed by atoms with Crippen LogP contribution in [0.5, 0.6) is 0 Å². The Morgan fingerprint density at radius 1 is 0.929 bits per heavy atom. The Morgan fingerprint density at radius 3 is 2.32 bits per heavy atom. The van der Waals surface area contributed by atoms with Crippen LogP contribution in [-0.4, -0.2) is 29.1 Å². The number of hydrogen-bond acceptors (Lipinski definition) is 5. The molecule has 0 saturated carbocycles. The fourth-order valence-electron chi connectivity index (χ4n) is 2.40. The average molecular weight is 441 g/mol. The van der Waals surface area contributed by atoms with Gasteiger partial charge in [-0.15, -0.1) is 0 Å². The zero-order chi connectivity index (χ0) is 19.6. The predicted octanol–water partition coefficient (Wildman–Crippen LogP) is 4.61. The molecule has 3 rings (SSSR count). The van der Waals surface area contributed by atoms with Crippen LogP contribution in [0.3, 0.4) is 0 Å². The minimum Gasteiger partial charge on any atom is -0.369 e. The van der Waals surface area contributed by atoms with E-state index in [1.54, 1.807) is 6.20 Å². The van der Waals surface area contributed by atoms with Crippen molar-refractivity contribution in [2.24, 2.45) is 0 Å². The molecule has 0 unspecified atom stereocenters. The van der Waals surface area contributed by atoms with Crippen molar-refractivity contribution in [3.05, 3.63) is 71.3 Å². The topological polar surface area (TPSA) is 91.0 Å². The molecule has 0 atom stereocenters. The number of nitrogens with zero attached hydrogens (tertiary/aromatic N) is 2. The van der Waals surface area contributed by atoms with Crippen molar-refractivity contribution in [2.45, 2.75) is 6.42 Å². The summed E-state index contributed by atoms with van der Waals surface area (Å²) in [5.74, 6) is 1.21. The van der Waals surface area contributed by atoms with Crippen LogP contribution >= 0.6 is 15.9 Å². The maximum Gasteiger partial charge on any atom is 0.319 e. The zero-order valence-electron chi connectivity index (χ0n) is 15.2. The molecule has 4 N–H and O–H groups in total. The number of para-hydroxylation sites is 2. The van der Waals surface area contributed by atoms with Crippen LogP contribution in [0.15, 0.2) is 71.3 Å². The number of hydrogen-bond donors (Lipinski definition) is 4. The summed E-state index contributed by atoms with van der Waals surface area (Å²) >= 11 is 3.45. The van der Waals surface area contributed by atoms with Gasteiger partial charge in [-0.05, 0) is 46.6 Å². The molecule has 28 heavy (non-hydrogen) atoms. The lowest BCUT2D eigenvalue weighted by atomic mass is 10.3. The molecule has 8 heteroatoms. The Hall–Kier alpha value is -3.13. The number of rotatable bonds is 8. The third kappa shape index (κ3) is 6.24. The molecule has 0 bridgehead atoms. The van der Waals surface area contributed by atoms with Gasteiger partial charge in [-0.25, -0.2) is 9.78 Å². The lowest BCUT2D eigenvalue weighted by Crippen LogP contribution is -2.30. The SMILES string of the molecule is O=C(NCCCNc1nc(Nc2ccccc2)ncc1Br)Nc1ccccc1. The number of amides is 2. The van der Waals surface area contributed by atoms with Gasteiger partial charge in [0.05, 0.1) is 4.47 Å². The van der Waals surface area contributed by atoms with Crippen molar-refractivity contribution in [3.8, 4) is 0 Å². The quantitative estimate of drug-likeness (QED) is 0.384. The van der Waals surface area contributed by atoms with Gasteiger partial charge in [0.1, 0.15) is 5.82 Å². The summed E-state index contributed by atoms with van der Waals surface area (Å²) in [6.07, 6.45) is 2.45. The van der Waals surface area contributed by atoms with E-state index in [0.717, 1.165) is 22.3 Å². The van der Waals surface area contributed by atoms with E-state index >= 15 is 0 Å². The Labute approximate surface area is 172 Å². The van der Waals surface area contributed by atoms with E-state index < -0.39 is 0 Å². The highest BCUT2D eigenvalue weighted by molar-refractivity contribution is 9.10. The molecule has 7 nitrogen and oxygen atoms in total. The molecule has 1 heterocycles. The maximum absolute atomic E-state index is 11.8. The van der Waals surface area contributed by atoms with Crippen LogP contribution in [0.25, 0.3) is 0 Å². The van der Waals surface area contributed by atoms with Crippen molar-refractivity contribution in [2.75, 3.05) is 29.0 Å². The molecule has 3 aromatic rings. The summed E-state index contributed by atoms with van der Waals surface area (Å²) in [7, 11) is 0. The largest absolute Gasteiger partial charge is 0.369 e. The van der Waals surface area contributed by atoms with Crippen LogP contribution in [0, 0.1) is 0 Å². The summed E-state index contributed by atoms with van der Waals surface area (Å²) in [6.45, 7) is 1.20. The van der Waals surface area contributed by atoms with Crippen molar-refractivity contribution >= 4 is 45.1 Å². The van der Waals surface area contributed by atoms with Gasteiger partial charge in [0.25, 0.3) is 0 Å². The summed E-state index contributed by atoms with van der Waals surface area (Å²) < 4.78 is 0.779. The van der Waals surface area contributed by atoms with Crippen molar-refractivity contribution in [3.63, 3.8) is 0 Å². The minimum absolute atomic E-state index is 0.219. The van der Waals surface area contributed by atoms with Gasteiger partial charge in [-0.2, -0.15) is 4.98 Å². The van der Waals surface area contributed by atoms with Gasteiger partial charge in [0.2, 0.25) is 5.95 Å². The highest BCUT2D eigenvalue weighted by Gasteiger charge is 2.05. The van der Waals surface area contributed by atoms with Crippen molar-refractivity contribution in [1.29, 1.82) is 0 Å². The Balaban J connectivity index is 1.42. The van der Waals surface area contributed by atoms with Gasteiger partial charge in [-0.1, -0.05) is 36.4 Å². The molecule has 0 aliphatic heterocycles. The number of carbonyl (C=O) groups is 1. The first-order valence-corrected chi connectivity index (χ1v) is 9.68. The van der Waals surface area contributed by atoms with Gasteiger partial charge in [0.15, 0.2) is 0 Å². The third-order valence-electron chi connectivity index (χ3n) is 3.74. The Kier molecular flexibility index (Phi) is 7.20. The number of aromatic nitrogens is 2. The molecule has 144 valence electrons. The minimum atomic E-state index is -0.219. The van der Waals surface area contributed by atoms with Gasteiger partial charge in [-0.3, -0.25) is 0 Å². The maximum atomic E-state index is 11.8. The van der Waals surface area contributed by atoms with E-state index in [1.165, 1.54) is 0 Å². The second kappa shape index (κ2) is 10.3. The van der Waals surface area contributed by atoms with Crippen LogP contribution in [0.1, 0.15) is 6.42 Å². The van der Waals surface area contributed by atoms with Crippen LogP contribution in [0.4, 0.5) is 27.9 Å². The highest BCUT2D eigenvalue weighted by atomic mass is 79.9. The number of carbonyl (C=O) groups excluding carboxylic acids is 1. The fourth-order valence-corrected chi connectivity index (χ4v) is 2.73. The Morgan fingerprint density at radius 2 is 1.61 bits per heavy atom. The lowest BCUT2D eigenvalue weighted by Gasteiger charge is -2.11. The van der Waals surface area contributed by atoms with E-state index in [2.05, 4.69) is 47.2 Å². The summed E-state index contributed by atoms with van der Waals surface area (Å²) in [5.41, 5.74) is 1.69. The first kappa shape index (κ1) is 19.6. The standard InChI is InChI=1S/C20H21BrN6O/c21-17-14-24-19(25-15-8-3-1-4-9-15)27-18(17)22-12-7-13-23-20(28)26-16-10-5-2-6-11-16/h1-6,8-11,14H,7,12-13H2,(H2,23,26,28)(H2,22,24,25,27). The van der Waals surface area contributed by atoms with E-state index in [-0.39, 0.29) is 6.03 Å². The summed E-state index contributed by atoms with van der Waals surface area (Å²) in [5, 5.41) is 12.0. The van der Waals surface area contributed by atoms with Gasteiger partial charge >= 0.3 is 6.03 Å². The highest BCUT2D eigenvalue weighted by Crippen LogP contribution is 2.21. The predicted molar refractivity (Wildman–Crippen MR) is 116 cm³/mol. The van der Waals surface area contributed by atoms with Gasteiger partial charge in [0, 0.05) is 30.7 Å². The van der Waals surface area contributed by atoms with E-state index in [4.69, 9.17) is 0 Å². The van der Waals surface area contributed by atoms with Crippen LogP contribution in [-0.2, 0) is 0 Å². The molecule has 1 aromatic heterocycles. The molecule has 0 radical (unpaired) electrons. The number of benzene rings is 2. The first-order valence-electron chi connectivity index (χ1n) is 8.89. The van der Waals surface area contributed by atoms with E-state index in [9.17, 15) is 4.79 Å². The first-order chi connectivity index (χ1) is 13.7. The molecule has 0 aliphatic carbocycles. The molecule has 2 aromatic carbocycles. The molecule has 0 aliphatic rings. The molecular formula is C20H21BrN6O. The second-order valence-corrected chi connectivity index (χ2v) is 6.76. The van der Waals surface area contributed by atoms with E-state index in [1.807, 2.05) is 60.7 Å². The number of halogens is 1. The smallest absolute Gasteiger partial charge is 0.319 e. The molecule has 0 saturated heterocycles. The fraction of sp³-hybridized carbons (Fsp3) is 0.150. The number of urea groups is 1. The summed E-state index contributed by atoms with van der Waals surface area (Å²) in [6, 6.07) is 18.9. The lowest BCUT2D eigenvalue weighted by molar-refractivity contribution is 0.252. The van der Waals surface area contributed by atoms with Crippen LogP contribution in [0.2, 0.25) is 0 Å². The molecular weight excluding hydrogens is 420 g/mol. The summed E-state index contributed by atoms with van der Waals surface area (Å²) in [4.78, 5) is 20.6. The monoisotopic (exact) mass is 440 g/mol. The zero-order valence-corrected chi connectivity index (χ0v) is 16.7. The van der Waals surface area contributed by atoms with E-state index in [0.29, 0.717) is 24.9 Å².